The van der Waals surface area contributed by atoms with E-state index < -0.39 is 0 Å². The van der Waals surface area contributed by atoms with Crippen LogP contribution in [0.1, 0.15) is 5.56 Å². The first kappa shape index (κ1) is 9.61. The Kier molecular flexibility index (Phi) is 2.28. The molecule has 0 spiro atoms. The van der Waals surface area contributed by atoms with Crippen LogP contribution < -0.4 is 0 Å². The Morgan fingerprint density at radius 3 is 2.93 bits per heavy atom. The van der Waals surface area contributed by atoms with Gasteiger partial charge in [0.1, 0.15) is 0 Å². The maximum absolute atomic E-state index is 10.7. The molecule has 2 rings (SSSR count). The van der Waals surface area contributed by atoms with Crippen molar-refractivity contribution < 1.29 is 4.92 Å². The lowest BCUT2D eigenvalue weighted by molar-refractivity contribution is -0.385. The summed E-state index contributed by atoms with van der Waals surface area (Å²) in [6.45, 7) is 1.75. The van der Waals surface area contributed by atoms with Crippen molar-refractivity contribution in [1.29, 1.82) is 0 Å². The number of hydrogen-bond acceptors (Lipinski definition) is 3. The topological polar surface area (TPSA) is 43.1 Å². The highest BCUT2D eigenvalue weighted by Crippen LogP contribution is 2.36. The maximum atomic E-state index is 10.7. The van der Waals surface area contributed by atoms with Gasteiger partial charge < -0.3 is 0 Å². The van der Waals surface area contributed by atoms with Gasteiger partial charge in [-0.2, -0.15) is 0 Å². The quantitative estimate of drug-likeness (QED) is 0.584. The van der Waals surface area contributed by atoms with Crippen molar-refractivity contribution in [3.05, 3.63) is 37.7 Å². The molecule has 5 heteroatoms. The van der Waals surface area contributed by atoms with Crippen LogP contribution >= 0.6 is 27.3 Å². The van der Waals surface area contributed by atoms with Crippen LogP contribution in [0, 0.1) is 17.0 Å². The van der Waals surface area contributed by atoms with Gasteiger partial charge in [-0.25, -0.2) is 0 Å². The minimum absolute atomic E-state index is 0.173. The van der Waals surface area contributed by atoms with Gasteiger partial charge in [0.2, 0.25) is 0 Å². The van der Waals surface area contributed by atoms with E-state index in [0.717, 1.165) is 14.6 Å². The van der Waals surface area contributed by atoms with E-state index in [9.17, 15) is 10.1 Å². The second-order valence-corrected chi connectivity index (χ2v) is 4.66. The minimum Gasteiger partial charge on any atom is -0.258 e. The molecule has 72 valence electrons. The molecule has 14 heavy (non-hydrogen) atoms. The van der Waals surface area contributed by atoms with Gasteiger partial charge in [0.15, 0.2) is 0 Å². The summed E-state index contributed by atoms with van der Waals surface area (Å²) in [7, 11) is 0. The Balaban J connectivity index is 2.87. The van der Waals surface area contributed by atoms with Crippen LogP contribution in [0.15, 0.2) is 22.0 Å². The average molecular weight is 272 g/mol. The number of thiophene rings is 1. The fourth-order valence-corrected chi connectivity index (χ4v) is 2.86. The van der Waals surface area contributed by atoms with Crippen molar-refractivity contribution >= 4 is 43.0 Å². The molecule has 3 nitrogen and oxygen atoms in total. The molecule has 0 fully saturated rings. The van der Waals surface area contributed by atoms with Crippen molar-refractivity contribution in [2.45, 2.75) is 6.92 Å². The first-order chi connectivity index (χ1) is 6.61. The summed E-state index contributed by atoms with van der Waals surface area (Å²) < 4.78 is 1.76. The number of rotatable bonds is 1. The zero-order valence-electron chi connectivity index (χ0n) is 7.28. The molecule has 0 atom stereocenters. The number of nitrogens with zero attached hydrogens (tertiary/aromatic N) is 1. The summed E-state index contributed by atoms with van der Waals surface area (Å²) in [6.07, 6.45) is 0. The van der Waals surface area contributed by atoms with Crippen molar-refractivity contribution in [2.24, 2.45) is 0 Å². The lowest BCUT2D eigenvalue weighted by atomic mass is 10.1. The Hall–Kier alpha value is -0.940. The van der Waals surface area contributed by atoms with Crippen LogP contribution in [-0.2, 0) is 0 Å². The second-order valence-electron chi connectivity index (χ2n) is 2.92. The zero-order valence-corrected chi connectivity index (χ0v) is 9.68. The van der Waals surface area contributed by atoms with Gasteiger partial charge in [-0.15, -0.1) is 11.3 Å². The van der Waals surface area contributed by atoms with Crippen molar-refractivity contribution in [3.63, 3.8) is 0 Å². The number of halogens is 1. The third-order valence-corrected chi connectivity index (χ3v) is 4.00. The van der Waals surface area contributed by atoms with Crippen molar-refractivity contribution in [1.82, 2.24) is 0 Å². The molecule has 2 aromatic rings. The summed E-state index contributed by atoms with van der Waals surface area (Å²) in [5, 5.41) is 13.7. The lowest BCUT2D eigenvalue weighted by Crippen LogP contribution is -1.92. The van der Waals surface area contributed by atoms with Gasteiger partial charge in [-0.05, 0) is 34.3 Å². The summed E-state index contributed by atoms with van der Waals surface area (Å²) in [5.74, 6) is 0. The Labute approximate surface area is 92.6 Å². The normalized spacial score (nSPS) is 10.7. The fourth-order valence-electron chi connectivity index (χ4n) is 1.35. The predicted octanol–water partition coefficient (Wildman–Crippen LogP) is 3.88. The molecule has 0 N–H and O–H groups in total. The Morgan fingerprint density at radius 2 is 2.29 bits per heavy atom. The average Bonchev–Trinajstić information content (AvgIpc) is 2.58. The zero-order chi connectivity index (χ0) is 10.3. The number of nitro benzene ring substituents is 1. The van der Waals surface area contributed by atoms with Gasteiger partial charge in [0, 0.05) is 26.2 Å². The largest absolute Gasteiger partial charge is 0.274 e. The van der Waals surface area contributed by atoms with Gasteiger partial charge in [0.25, 0.3) is 5.69 Å². The van der Waals surface area contributed by atoms with Crippen LogP contribution in [0.5, 0.6) is 0 Å². The van der Waals surface area contributed by atoms with Crippen LogP contribution in [0.2, 0.25) is 0 Å². The van der Waals surface area contributed by atoms with Crippen LogP contribution in [0.3, 0.4) is 0 Å². The van der Waals surface area contributed by atoms with E-state index in [1.165, 1.54) is 11.3 Å². The van der Waals surface area contributed by atoms with Crippen molar-refractivity contribution in [2.75, 3.05) is 0 Å². The molecule has 0 aliphatic heterocycles. The predicted molar refractivity (Wildman–Crippen MR) is 60.9 cm³/mol. The summed E-state index contributed by atoms with van der Waals surface area (Å²) in [4.78, 5) is 10.4. The first-order valence-electron chi connectivity index (χ1n) is 3.92. The van der Waals surface area contributed by atoms with Gasteiger partial charge in [0.05, 0.1) is 4.92 Å². The summed E-state index contributed by atoms with van der Waals surface area (Å²) in [5.41, 5.74) is 0.854. The molecule has 0 saturated heterocycles. The molecular formula is C9H6BrNO2S. The lowest BCUT2D eigenvalue weighted by Gasteiger charge is -2.01. The van der Waals surface area contributed by atoms with Crippen LogP contribution in [0.25, 0.3) is 10.1 Å². The Bertz CT molecular complexity index is 521. The van der Waals surface area contributed by atoms with E-state index in [1.807, 2.05) is 11.4 Å². The molecule has 0 bridgehead atoms. The highest BCUT2D eigenvalue weighted by molar-refractivity contribution is 9.10. The van der Waals surface area contributed by atoms with E-state index in [1.54, 1.807) is 13.0 Å². The smallest absolute Gasteiger partial charge is 0.258 e. The van der Waals surface area contributed by atoms with Gasteiger partial charge >= 0.3 is 0 Å². The third kappa shape index (κ3) is 1.33. The molecule has 0 aliphatic rings. The molecule has 0 unspecified atom stereocenters. The molecule has 0 radical (unpaired) electrons. The standard InChI is InChI=1S/C9H6BrNO2S/c1-5-7(11(12)13)4-8-6(9(5)10)2-3-14-8/h2-4H,1H3. The second kappa shape index (κ2) is 3.33. The number of fused-ring (bicyclic) bond motifs is 1. The molecule has 0 saturated carbocycles. The van der Waals surface area contributed by atoms with E-state index in [4.69, 9.17) is 0 Å². The maximum Gasteiger partial charge on any atom is 0.274 e. The SMILES string of the molecule is Cc1c([N+](=O)[O-])cc2sccc2c1Br. The van der Waals surface area contributed by atoms with E-state index >= 15 is 0 Å². The summed E-state index contributed by atoms with van der Waals surface area (Å²) >= 11 is 4.89. The highest BCUT2D eigenvalue weighted by atomic mass is 79.9. The highest BCUT2D eigenvalue weighted by Gasteiger charge is 2.16. The molecule has 0 amide bonds. The van der Waals surface area contributed by atoms with E-state index in [0.29, 0.717) is 5.56 Å². The monoisotopic (exact) mass is 271 g/mol. The summed E-state index contributed by atoms with van der Waals surface area (Å²) in [6, 6.07) is 3.58. The number of benzene rings is 1. The minimum atomic E-state index is -0.348. The van der Waals surface area contributed by atoms with E-state index in [-0.39, 0.29) is 10.6 Å². The molecule has 1 heterocycles. The Morgan fingerprint density at radius 1 is 1.57 bits per heavy atom. The van der Waals surface area contributed by atoms with E-state index in [2.05, 4.69) is 15.9 Å². The number of hydrogen-bond donors (Lipinski definition) is 0. The van der Waals surface area contributed by atoms with Crippen LogP contribution in [-0.4, -0.2) is 4.92 Å². The van der Waals surface area contributed by atoms with Crippen molar-refractivity contribution in [3.8, 4) is 0 Å². The van der Waals surface area contributed by atoms with Gasteiger partial charge in [-0.1, -0.05) is 0 Å². The van der Waals surface area contributed by atoms with Gasteiger partial charge in [-0.3, -0.25) is 10.1 Å². The first-order valence-corrected chi connectivity index (χ1v) is 5.59. The molecule has 1 aromatic carbocycles. The molecule has 0 aliphatic carbocycles. The third-order valence-electron chi connectivity index (χ3n) is 2.11. The van der Waals surface area contributed by atoms with Crippen LogP contribution in [0.4, 0.5) is 5.69 Å². The molecule has 1 aromatic heterocycles. The number of nitro groups is 1. The fraction of sp³-hybridized carbons (Fsp3) is 0.111. The molecular weight excluding hydrogens is 266 g/mol.